The van der Waals surface area contributed by atoms with E-state index in [-0.39, 0.29) is 42.2 Å². The van der Waals surface area contributed by atoms with Crippen LogP contribution < -0.4 is 10.1 Å². The van der Waals surface area contributed by atoms with E-state index in [2.05, 4.69) is 35.4 Å². The Morgan fingerprint density at radius 1 is 1.34 bits per heavy atom. The van der Waals surface area contributed by atoms with E-state index in [0.717, 1.165) is 10.7 Å². The smallest absolute Gasteiger partial charge is 0.310 e. The molecule has 2 heterocycles. The van der Waals surface area contributed by atoms with Gasteiger partial charge in [-0.3, -0.25) is 19.1 Å². The molecule has 32 heavy (non-hydrogen) atoms. The van der Waals surface area contributed by atoms with Crippen LogP contribution in [0, 0.1) is 10.1 Å². The van der Waals surface area contributed by atoms with Gasteiger partial charge in [-0.05, 0) is 28.4 Å². The number of nitrogens with zero attached hydrogens (tertiary/aromatic N) is 4. The van der Waals surface area contributed by atoms with Crippen LogP contribution in [0.15, 0.2) is 35.1 Å². The Hall–Kier alpha value is -2.84. The summed E-state index contributed by atoms with van der Waals surface area (Å²) < 4.78 is 32.7. The van der Waals surface area contributed by atoms with Crippen molar-refractivity contribution in [2.45, 2.75) is 12.5 Å². The molecule has 1 N–H and O–H groups in total. The number of benzene rings is 1. The summed E-state index contributed by atoms with van der Waals surface area (Å²) in [6.07, 6.45) is 4.80. The second-order valence-corrected chi connectivity index (χ2v) is 9.48. The molecule has 0 spiro atoms. The van der Waals surface area contributed by atoms with Crippen molar-refractivity contribution in [3.8, 4) is 5.75 Å². The molecule has 1 aliphatic rings. The number of anilines is 1. The third-order valence-electron chi connectivity index (χ3n) is 4.47. The van der Waals surface area contributed by atoms with E-state index in [1.54, 1.807) is 17.3 Å². The lowest BCUT2D eigenvalue weighted by atomic mass is 10.1. The number of amides is 1. The second kappa shape index (κ2) is 10.2. The van der Waals surface area contributed by atoms with Gasteiger partial charge in [0.25, 0.3) is 16.0 Å². The topological polar surface area (TPSA) is 154 Å². The average molecular weight is 530 g/mol. The Bertz CT molecular complexity index is 1100. The van der Waals surface area contributed by atoms with Crippen molar-refractivity contribution in [1.29, 1.82) is 0 Å². The molecule has 0 bridgehead atoms. The number of nitrogens with one attached hydrogen (secondary N) is 1. The van der Waals surface area contributed by atoms with Gasteiger partial charge in [-0.15, -0.1) is 0 Å². The number of halogens is 1. The molecule has 1 aliphatic heterocycles. The van der Waals surface area contributed by atoms with E-state index in [1.807, 2.05) is 0 Å². The van der Waals surface area contributed by atoms with Crippen LogP contribution in [-0.2, 0) is 14.3 Å². The normalized spacial score (nSPS) is 16.1. The van der Waals surface area contributed by atoms with Crippen molar-refractivity contribution in [3.63, 3.8) is 0 Å². The summed E-state index contributed by atoms with van der Waals surface area (Å²) in [7, 11) is -3.66. The molecule has 12 nitrogen and oxygen atoms in total. The third kappa shape index (κ3) is 6.58. The van der Waals surface area contributed by atoms with Gasteiger partial charge in [0.2, 0.25) is 5.95 Å². The minimum absolute atomic E-state index is 0.0398. The second-order valence-electron chi connectivity index (χ2n) is 6.92. The zero-order valence-electron chi connectivity index (χ0n) is 16.9. The SMILES string of the molecule is CS(=O)(=O)OCCOc1cc(C(=O)N2CC[C@@H](Nc3ncc(Br)cn3)C2)ccc1[N+](=O)[O-]. The number of nitro benzene ring substituents is 1. The third-order valence-corrected chi connectivity index (χ3v) is 5.48. The Labute approximate surface area is 192 Å². The van der Waals surface area contributed by atoms with Crippen LogP contribution in [0.25, 0.3) is 0 Å². The molecule has 1 fully saturated rings. The molecule has 1 saturated heterocycles. The molecule has 2 aromatic rings. The molecule has 0 saturated carbocycles. The van der Waals surface area contributed by atoms with Crippen LogP contribution in [0.2, 0.25) is 0 Å². The van der Waals surface area contributed by atoms with Crippen LogP contribution in [0.1, 0.15) is 16.8 Å². The summed E-state index contributed by atoms with van der Waals surface area (Å²) in [4.78, 5) is 33.5. The van der Waals surface area contributed by atoms with Crippen molar-refractivity contribution >= 4 is 43.6 Å². The average Bonchev–Trinajstić information content (AvgIpc) is 3.20. The van der Waals surface area contributed by atoms with Crippen molar-refractivity contribution in [1.82, 2.24) is 14.9 Å². The van der Waals surface area contributed by atoms with E-state index in [9.17, 15) is 23.3 Å². The zero-order valence-corrected chi connectivity index (χ0v) is 19.3. The fraction of sp³-hybridized carbons (Fsp3) is 0.389. The maximum Gasteiger partial charge on any atom is 0.310 e. The number of hydrogen-bond donors (Lipinski definition) is 1. The Morgan fingerprint density at radius 3 is 2.72 bits per heavy atom. The molecule has 1 aromatic carbocycles. The van der Waals surface area contributed by atoms with Gasteiger partial charge in [-0.1, -0.05) is 0 Å². The Balaban J connectivity index is 1.65. The van der Waals surface area contributed by atoms with Crippen molar-refractivity contribution < 1.29 is 27.1 Å². The largest absolute Gasteiger partial charge is 0.484 e. The highest BCUT2D eigenvalue weighted by atomic mass is 79.9. The van der Waals surface area contributed by atoms with Crippen LogP contribution in [0.5, 0.6) is 5.75 Å². The molecular formula is C18H20BrN5O7S. The van der Waals surface area contributed by atoms with Gasteiger partial charge in [-0.2, -0.15) is 8.42 Å². The molecule has 0 unspecified atom stereocenters. The number of nitro groups is 1. The molecule has 172 valence electrons. The van der Waals surface area contributed by atoms with Crippen molar-refractivity contribution in [2.24, 2.45) is 0 Å². The van der Waals surface area contributed by atoms with Gasteiger partial charge < -0.3 is 15.0 Å². The summed E-state index contributed by atoms with van der Waals surface area (Å²) in [5.41, 5.74) is -0.121. The molecule has 3 rings (SSSR count). The maximum atomic E-state index is 12.9. The zero-order chi connectivity index (χ0) is 23.3. The van der Waals surface area contributed by atoms with Gasteiger partial charge in [0, 0.05) is 49.2 Å². The number of carbonyl (C=O) groups excluding carboxylic acids is 1. The summed E-state index contributed by atoms with van der Waals surface area (Å²) in [5, 5.41) is 14.4. The first-order valence-corrected chi connectivity index (χ1v) is 12.0. The van der Waals surface area contributed by atoms with Gasteiger partial charge in [0.05, 0.1) is 15.7 Å². The monoisotopic (exact) mass is 529 g/mol. The lowest BCUT2D eigenvalue weighted by molar-refractivity contribution is -0.385. The quantitative estimate of drug-likeness (QED) is 0.220. The predicted molar refractivity (Wildman–Crippen MR) is 117 cm³/mol. The molecule has 1 aromatic heterocycles. The maximum absolute atomic E-state index is 12.9. The first-order valence-electron chi connectivity index (χ1n) is 9.41. The predicted octanol–water partition coefficient (Wildman–Crippen LogP) is 1.83. The Kier molecular flexibility index (Phi) is 7.58. The standard InChI is InChI=1S/C18H20BrN5O7S/c1-32(28,29)31-7-6-30-16-8-12(2-3-15(16)24(26)27)17(25)23-5-4-14(11-23)22-18-20-9-13(19)10-21-18/h2-3,8-10,14H,4-7,11H2,1H3,(H,20,21,22)/t14-/m1/s1. The van der Waals surface area contributed by atoms with Gasteiger partial charge >= 0.3 is 5.69 Å². The van der Waals surface area contributed by atoms with Gasteiger partial charge in [0.1, 0.15) is 13.2 Å². The fourth-order valence-corrected chi connectivity index (χ4v) is 3.64. The lowest BCUT2D eigenvalue weighted by Gasteiger charge is -2.18. The van der Waals surface area contributed by atoms with Crippen LogP contribution >= 0.6 is 15.9 Å². The van der Waals surface area contributed by atoms with E-state index in [4.69, 9.17) is 4.74 Å². The summed E-state index contributed by atoms with van der Waals surface area (Å²) in [5.74, 6) is 0.00285. The Morgan fingerprint density at radius 2 is 2.06 bits per heavy atom. The summed E-state index contributed by atoms with van der Waals surface area (Å²) in [6, 6.07) is 3.78. The van der Waals surface area contributed by atoms with Gasteiger partial charge in [0.15, 0.2) is 5.75 Å². The van der Waals surface area contributed by atoms with E-state index >= 15 is 0 Å². The van der Waals surface area contributed by atoms with E-state index in [1.165, 1.54) is 18.2 Å². The fourth-order valence-electron chi connectivity index (χ4n) is 3.07. The number of ether oxygens (including phenoxy) is 1. The molecule has 14 heteroatoms. The summed E-state index contributed by atoms with van der Waals surface area (Å²) >= 11 is 3.27. The first-order chi connectivity index (χ1) is 15.1. The highest BCUT2D eigenvalue weighted by molar-refractivity contribution is 9.10. The number of likely N-dealkylation sites (tertiary alicyclic amines) is 1. The lowest BCUT2D eigenvalue weighted by Crippen LogP contribution is -2.31. The van der Waals surface area contributed by atoms with Crippen molar-refractivity contribution in [3.05, 3.63) is 50.7 Å². The first kappa shape index (κ1) is 23.8. The number of hydrogen-bond acceptors (Lipinski definition) is 10. The molecule has 1 atom stereocenters. The minimum Gasteiger partial charge on any atom is -0.484 e. The highest BCUT2D eigenvalue weighted by Gasteiger charge is 2.28. The van der Waals surface area contributed by atoms with Crippen LogP contribution in [0.4, 0.5) is 11.6 Å². The van der Waals surface area contributed by atoms with Crippen molar-refractivity contribution in [2.75, 3.05) is 37.9 Å². The molecule has 0 radical (unpaired) electrons. The van der Waals surface area contributed by atoms with E-state index < -0.39 is 15.0 Å². The number of carbonyl (C=O) groups is 1. The van der Waals surface area contributed by atoms with Gasteiger partial charge in [-0.25, -0.2) is 9.97 Å². The molecular weight excluding hydrogens is 510 g/mol. The van der Waals surface area contributed by atoms with Crippen LogP contribution in [-0.4, -0.2) is 72.7 Å². The minimum atomic E-state index is -3.66. The number of aromatic nitrogens is 2. The summed E-state index contributed by atoms with van der Waals surface area (Å²) in [6.45, 7) is 0.344. The molecule has 0 aliphatic carbocycles. The highest BCUT2D eigenvalue weighted by Crippen LogP contribution is 2.29. The molecule has 1 amide bonds. The van der Waals surface area contributed by atoms with E-state index in [0.29, 0.717) is 25.5 Å². The van der Waals surface area contributed by atoms with Crippen LogP contribution in [0.3, 0.4) is 0 Å². The number of rotatable bonds is 9.